The Morgan fingerprint density at radius 2 is 1.96 bits per heavy atom. The van der Waals surface area contributed by atoms with Gasteiger partial charge in [0.2, 0.25) is 5.91 Å². The molecule has 1 heterocycles. The number of hydrogen-bond acceptors (Lipinski definition) is 3. The molecule has 1 saturated heterocycles. The van der Waals surface area contributed by atoms with Crippen molar-refractivity contribution in [3.05, 3.63) is 35.9 Å². The second kappa shape index (κ2) is 7.79. The van der Waals surface area contributed by atoms with E-state index < -0.39 is 5.97 Å². The van der Waals surface area contributed by atoms with Gasteiger partial charge in [0.05, 0.1) is 12.5 Å². The molecule has 0 radical (unpaired) electrons. The van der Waals surface area contributed by atoms with Gasteiger partial charge in [-0.1, -0.05) is 44.2 Å². The number of hydrogen-bond donors (Lipinski definition) is 1. The molecule has 1 aromatic carbocycles. The van der Waals surface area contributed by atoms with Crippen molar-refractivity contribution in [3.63, 3.8) is 0 Å². The Balaban J connectivity index is 1.98. The van der Waals surface area contributed by atoms with Gasteiger partial charge < -0.3 is 14.7 Å². The van der Waals surface area contributed by atoms with Gasteiger partial charge >= 0.3 is 5.97 Å². The number of carboxylic acid groups (broad SMARTS) is 1. The molecule has 132 valence electrons. The van der Waals surface area contributed by atoms with E-state index in [0.717, 1.165) is 6.42 Å². The minimum Gasteiger partial charge on any atom is -0.481 e. The maximum Gasteiger partial charge on any atom is 0.305 e. The monoisotopic (exact) mass is 333 g/mol. The van der Waals surface area contributed by atoms with Crippen LogP contribution in [0, 0.1) is 0 Å². The fraction of sp³-hybridized carbons (Fsp3) is 0.579. The van der Waals surface area contributed by atoms with Crippen LogP contribution in [0.1, 0.15) is 45.1 Å². The average Bonchev–Trinajstić information content (AvgIpc) is 2.96. The maximum atomic E-state index is 12.7. The smallest absolute Gasteiger partial charge is 0.305 e. The van der Waals surface area contributed by atoms with E-state index in [2.05, 4.69) is 26.0 Å². The third-order valence-corrected chi connectivity index (χ3v) is 4.96. The number of nitrogens with zero attached hydrogens (tertiary/aromatic N) is 1. The highest BCUT2D eigenvalue weighted by atomic mass is 16.5. The molecule has 2 atom stereocenters. The Morgan fingerprint density at radius 3 is 2.54 bits per heavy atom. The minimum absolute atomic E-state index is 0.0183. The zero-order chi connectivity index (χ0) is 17.7. The third-order valence-electron chi connectivity index (χ3n) is 4.96. The molecule has 0 aromatic heterocycles. The van der Waals surface area contributed by atoms with Gasteiger partial charge in [0.15, 0.2) is 0 Å². The second-order valence-corrected chi connectivity index (χ2v) is 7.14. The molecule has 1 aromatic rings. The van der Waals surface area contributed by atoms with E-state index in [1.165, 1.54) is 5.56 Å². The molecule has 1 fully saturated rings. The van der Waals surface area contributed by atoms with Crippen molar-refractivity contribution < 1.29 is 19.4 Å². The van der Waals surface area contributed by atoms with E-state index in [1.807, 2.05) is 18.2 Å². The van der Waals surface area contributed by atoms with Crippen molar-refractivity contribution in [2.24, 2.45) is 0 Å². The molecule has 5 heteroatoms. The minimum atomic E-state index is -0.876. The molecule has 2 rings (SSSR count). The SMILES string of the molecule is COC1CC(CC(=O)O)N(C(=O)CCC(C)(C)c2ccccc2)C1. The summed E-state index contributed by atoms with van der Waals surface area (Å²) in [5.74, 6) is -0.857. The van der Waals surface area contributed by atoms with Crippen molar-refractivity contribution in [3.8, 4) is 0 Å². The van der Waals surface area contributed by atoms with Gasteiger partial charge in [0.25, 0.3) is 0 Å². The van der Waals surface area contributed by atoms with Crippen LogP contribution in [0.4, 0.5) is 0 Å². The number of carbonyl (C=O) groups excluding carboxylic acids is 1. The van der Waals surface area contributed by atoms with E-state index in [4.69, 9.17) is 9.84 Å². The Hall–Kier alpha value is -1.88. The molecular formula is C19H27NO4. The second-order valence-electron chi connectivity index (χ2n) is 7.14. The lowest BCUT2D eigenvalue weighted by atomic mass is 9.80. The van der Waals surface area contributed by atoms with Crippen LogP contribution in [0.15, 0.2) is 30.3 Å². The van der Waals surface area contributed by atoms with Crippen LogP contribution in [0.3, 0.4) is 0 Å². The molecule has 1 amide bonds. The summed E-state index contributed by atoms with van der Waals surface area (Å²) in [5.41, 5.74) is 1.11. The van der Waals surface area contributed by atoms with E-state index in [9.17, 15) is 9.59 Å². The molecule has 0 saturated carbocycles. The topological polar surface area (TPSA) is 66.8 Å². The number of carbonyl (C=O) groups is 2. The van der Waals surface area contributed by atoms with Crippen LogP contribution in [0.5, 0.6) is 0 Å². The number of rotatable bonds is 7. The van der Waals surface area contributed by atoms with Crippen LogP contribution in [-0.2, 0) is 19.7 Å². The normalized spacial score (nSPS) is 21.0. The quantitative estimate of drug-likeness (QED) is 0.833. The number of amides is 1. The Kier molecular flexibility index (Phi) is 5.99. The summed E-state index contributed by atoms with van der Waals surface area (Å²) in [5, 5.41) is 9.06. The lowest BCUT2D eigenvalue weighted by Gasteiger charge is -2.28. The van der Waals surface area contributed by atoms with E-state index >= 15 is 0 Å². The predicted octanol–water partition coefficient (Wildman–Crippen LogP) is 2.84. The highest BCUT2D eigenvalue weighted by Crippen LogP contribution is 2.30. The first kappa shape index (κ1) is 18.5. The molecule has 0 aliphatic carbocycles. The van der Waals surface area contributed by atoms with Gasteiger partial charge in [-0.2, -0.15) is 0 Å². The number of likely N-dealkylation sites (tertiary alicyclic amines) is 1. The Morgan fingerprint density at radius 1 is 1.29 bits per heavy atom. The lowest BCUT2D eigenvalue weighted by Crippen LogP contribution is -2.38. The Labute approximate surface area is 143 Å². The lowest BCUT2D eigenvalue weighted by molar-refractivity contribution is -0.140. The highest BCUT2D eigenvalue weighted by molar-refractivity contribution is 5.78. The maximum absolute atomic E-state index is 12.7. The molecule has 1 aliphatic heterocycles. The fourth-order valence-corrected chi connectivity index (χ4v) is 3.34. The molecule has 24 heavy (non-hydrogen) atoms. The van der Waals surface area contributed by atoms with E-state index in [1.54, 1.807) is 12.0 Å². The van der Waals surface area contributed by atoms with Gasteiger partial charge in [-0.05, 0) is 23.8 Å². The zero-order valence-electron chi connectivity index (χ0n) is 14.7. The largest absolute Gasteiger partial charge is 0.481 e. The number of benzene rings is 1. The molecule has 5 nitrogen and oxygen atoms in total. The molecule has 2 unspecified atom stereocenters. The van der Waals surface area contributed by atoms with Gasteiger partial charge in [-0.25, -0.2) is 0 Å². The summed E-state index contributed by atoms with van der Waals surface area (Å²) in [4.78, 5) is 25.4. The van der Waals surface area contributed by atoms with Crippen molar-refractivity contribution in [2.75, 3.05) is 13.7 Å². The Bertz CT molecular complexity index is 570. The number of methoxy groups -OCH3 is 1. The molecule has 0 spiro atoms. The fourth-order valence-electron chi connectivity index (χ4n) is 3.34. The average molecular weight is 333 g/mol. The predicted molar refractivity (Wildman–Crippen MR) is 91.9 cm³/mol. The highest BCUT2D eigenvalue weighted by Gasteiger charge is 2.36. The molecule has 1 N–H and O–H groups in total. The van der Waals surface area contributed by atoms with Crippen molar-refractivity contribution in [1.82, 2.24) is 4.90 Å². The van der Waals surface area contributed by atoms with Gasteiger partial charge in [-0.3, -0.25) is 9.59 Å². The summed E-state index contributed by atoms with van der Waals surface area (Å²) >= 11 is 0. The summed E-state index contributed by atoms with van der Waals surface area (Å²) in [7, 11) is 1.61. The van der Waals surface area contributed by atoms with E-state index in [-0.39, 0.29) is 29.9 Å². The van der Waals surface area contributed by atoms with E-state index in [0.29, 0.717) is 19.4 Å². The van der Waals surface area contributed by atoms with Crippen molar-refractivity contribution in [2.45, 2.75) is 57.1 Å². The summed E-state index contributed by atoms with van der Waals surface area (Å²) < 4.78 is 5.33. The van der Waals surface area contributed by atoms with Crippen LogP contribution < -0.4 is 0 Å². The van der Waals surface area contributed by atoms with Gasteiger partial charge in [-0.15, -0.1) is 0 Å². The first-order valence-electron chi connectivity index (χ1n) is 8.43. The zero-order valence-corrected chi connectivity index (χ0v) is 14.7. The summed E-state index contributed by atoms with van der Waals surface area (Å²) in [6.07, 6.45) is 1.64. The molecular weight excluding hydrogens is 306 g/mol. The van der Waals surface area contributed by atoms with Crippen LogP contribution in [0.2, 0.25) is 0 Å². The van der Waals surface area contributed by atoms with Gasteiger partial charge in [0.1, 0.15) is 0 Å². The third kappa shape index (κ3) is 4.57. The van der Waals surface area contributed by atoms with Crippen molar-refractivity contribution in [1.29, 1.82) is 0 Å². The summed E-state index contributed by atoms with van der Waals surface area (Å²) in [6.45, 7) is 4.75. The van der Waals surface area contributed by atoms with Crippen LogP contribution in [0.25, 0.3) is 0 Å². The number of aliphatic carboxylic acids is 1. The number of carboxylic acids is 1. The summed E-state index contributed by atoms with van der Waals surface area (Å²) in [6, 6.07) is 9.89. The first-order chi connectivity index (χ1) is 11.3. The number of ether oxygens (including phenoxy) is 1. The van der Waals surface area contributed by atoms with Gasteiger partial charge in [0, 0.05) is 26.1 Å². The van der Waals surface area contributed by atoms with Crippen molar-refractivity contribution >= 4 is 11.9 Å². The standard InChI is InChI=1S/C19H27NO4/c1-19(2,14-7-5-4-6-8-14)10-9-17(21)20-13-16(24-3)11-15(20)12-18(22)23/h4-8,15-16H,9-13H2,1-3H3,(H,22,23). The first-order valence-corrected chi connectivity index (χ1v) is 8.43. The molecule has 0 bridgehead atoms. The van der Waals surface area contributed by atoms with Crippen LogP contribution in [-0.4, -0.2) is 47.7 Å². The van der Waals surface area contributed by atoms with Crippen LogP contribution >= 0.6 is 0 Å². The molecule has 1 aliphatic rings.